The molecule has 2 rings (SSSR count). The van der Waals surface area contributed by atoms with E-state index in [9.17, 15) is 4.79 Å². The molecule has 0 N–H and O–H groups in total. The molecular formula is C21H24O2. The van der Waals surface area contributed by atoms with Crippen LogP contribution in [0.4, 0.5) is 0 Å². The highest BCUT2D eigenvalue weighted by Crippen LogP contribution is 2.32. The first-order chi connectivity index (χ1) is 10.8. The fourth-order valence-corrected chi connectivity index (χ4v) is 2.52. The van der Waals surface area contributed by atoms with Gasteiger partial charge in [-0.3, -0.25) is 0 Å². The lowest BCUT2D eigenvalue weighted by Gasteiger charge is -2.26. The van der Waals surface area contributed by atoms with Crippen molar-refractivity contribution in [2.75, 3.05) is 0 Å². The zero-order valence-corrected chi connectivity index (χ0v) is 14.3. The lowest BCUT2D eigenvalue weighted by Crippen LogP contribution is -2.18. The number of rotatable bonds is 5. The van der Waals surface area contributed by atoms with Gasteiger partial charge in [0.15, 0.2) is 0 Å². The Hall–Kier alpha value is -2.35. The molecule has 0 amide bonds. The average molecular weight is 308 g/mol. The summed E-state index contributed by atoms with van der Waals surface area (Å²) in [6, 6.07) is 18.7. The maximum atomic E-state index is 11.6. The third-order valence-electron chi connectivity index (χ3n) is 4.23. The van der Waals surface area contributed by atoms with E-state index in [-0.39, 0.29) is 17.5 Å². The summed E-state index contributed by atoms with van der Waals surface area (Å²) in [7, 11) is 0. The first-order valence-corrected chi connectivity index (χ1v) is 7.85. The van der Waals surface area contributed by atoms with Gasteiger partial charge < -0.3 is 4.74 Å². The fraction of sp³-hybridized carbons (Fsp3) is 0.286. The van der Waals surface area contributed by atoms with Crippen LogP contribution in [0.5, 0.6) is 0 Å². The Bertz CT molecular complexity index is 682. The molecule has 120 valence electrons. The summed E-state index contributed by atoms with van der Waals surface area (Å²) in [6.45, 7) is 11.6. The van der Waals surface area contributed by atoms with E-state index in [0.717, 1.165) is 5.56 Å². The number of carbonyl (C=O) groups is 1. The van der Waals surface area contributed by atoms with Crippen molar-refractivity contribution in [2.24, 2.45) is 0 Å². The Morgan fingerprint density at radius 2 is 1.52 bits per heavy atom. The molecule has 2 aromatic rings. The van der Waals surface area contributed by atoms with Gasteiger partial charge in [0.1, 0.15) is 6.10 Å². The van der Waals surface area contributed by atoms with Gasteiger partial charge in [0.05, 0.1) is 0 Å². The van der Waals surface area contributed by atoms with Gasteiger partial charge >= 0.3 is 5.97 Å². The molecule has 2 nitrogen and oxygen atoms in total. The van der Waals surface area contributed by atoms with E-state index in [2.05, 4.69) is 56.8 Å². The molecule has 0 spiro atoms. The van der Waals surface area contributed by atoms with Crippen molar-refractivity contribution in [3.63, 3.8) is 0 Å². The highest BCUT2D eigenvalue weighted by atomic mass is 16.5. The summed E-state index contributed by atoms with van der Waals surface area (Å²) >= 11 is 0. The second kappa shape index (κ2) is 6.82. The second-order valence-corrected chi connectivity index (χ2v) is 6.44. The van der Waals surface area contributed by atoms with E-state index >= 15 is 0 Å². The molecule has 0 heterocycles. The molecule has 0 aliphatic carbocycles. The van der Waals surface area contributed by atoms with Gasteiger partial charge in [0, 0.05) is 11.0 Å². The number of carbonyl (C=O) groups excluding carboxylic acids is 1. The van der Waals surface area contributed by atoms with Crippen molar-refractivity contribution < 1.29 is 9.53 Å². The number of benzene rings is 2. The van der Waals surface area contributed by atoms with Crippen molar-refractivity contribution in [3.05, 3.63) is 83.4 Å². The molecule has 1 atom stereocenters. The van der Waals surface area contributed by atoms with Crippen LogP contribution < -0.4 is 0 Å². The van der Waals surface area contributed by atoms with E-state index in [4.69, 9.17) is 4.74 Å². The quantitative estimate of drug-likeness (QED) is 0.561. The largest absolute Gasteiger partial charge is 0.454 e. The second-order valence-electron chi connectivity index (χ2n) is 6.44. The van der Waals surface area contributed by atoms with Crippen molar-refractivity contribution in [1.29, 1.82) is 0 Å². The molecule has 0 fully saturated rings. The van der Waals surface area contributed by atoms with Crippen LogP contribution in [0, 0.1) is 0 Å². The SMILES string of the molecule is C=C(C)C(=O)OC(C)c1ccc(C(C)(C)c2ccccc2)cc1. The van der Waals surface area contributed by atoms with E-state index in [1.165, 1.54) is 11.1 Å². The topological polar surface area (TPSA) is 26.3 Å². The van der Waals surface area contributed by atoms with Gasteiger partial charge in [0.25, 0.3) is 0 Å². The van der Waals surface area contributed by atoms with Crippen LogP contribution in [0.3, 0.4) is 0 Å². The summed E-state index contributed by atoms with van der Waals surface area (Å²) in [6.07, 6.45) is -0.284. The number of hydrogen-bond donors (Lipinski definition) is 0. The number of hydrogen-bond acceptors (Lipinski definition) is 2. The van der Waals surface area contributed by atoms with Gasteiger partial charge in [0.2, 0.25) is 0 Å². The fourth-order valence-electron chi connectivity index (χ4n) is 2.52. The molecule has 2 aromatic carbocycles. The smallest absolute Gasteiger partial charge is 0.333 e. The summed E-state index contributed by atoms with van der Waals surface area (Å²) in [5, 5.41) is 0. The van der Waals surface area contributed by atoms with Gasteiger partial charge in [-0.15, -0.1) is 0 Å². The van der Waals surface area contributed by atoms with Crippen LogP contribution in [0.2, 0.25) is 0 Å². The number of esters is 1. The molecule has 0 saturated heterocycles. The van der Waals surface area contributed by atoms with Crippen LogP contribution in [0.15, 0.2) is 66.7 Å². The van der Waals surface area contributed by atoms with Gasteiger partial charge in [-0.1, -0.05) is 75.0 Å². The first kappa shape index (κ1) is 17.0. The number of ether oxygens (including phenoxy) is 1. The minimum atomic E-state index is -0.355. The Labute approximate surface area is 138 Å². The Kier molecular flexibility index (Phi) is 5.05. The molecule has 0 aromatic heterocycles. The molecule has 0 saturated carbocycles. The lowest BCUT2D eigenvalue weighted by molar-refractivity contribution is -0.143. The predicted octanol–water partition coefficient (Wildman–Crippen LogP) is 5.19. The van der Waals surface area contributed by atoms with Gasteiger partial charge in [-0.2, -0.15) is 0 Å². The minimum Gasteiger partial charge on any atom is -0.454 e. The van der Waals surface area contributed by atoms with Gasteiger partial charge in [-0.05, 0) is 30.5 Å². The summed E-state index contributed by atoms with van der Waals surface area (Å²) < 4.78 is 5.37. The molecule has 0 bridgehead atoms. The lowest BCUT2D eigenvalue weighted by atomic mass is 9.78. The highest BCUT2D eigenvalue weighted by molar-refractivity contribution is 5.87. The van der Waals surface area contributed by atoms with Gasteiger partial charge in [-0.25, -0.2) is 4.79 Å². The molecule has 0 radical (unpaired) electrons. The third kappa shape index (κ3) is 3.89. The predicted molar refractivity (Wildman–Crippen MR) is 94.3 cm³/mol. The standard InChI is InChI=1S/C21H24O2/c1-15(2)20(22)23-16(3)17-11-13-19(14-12-17)21(4,5)18-9-7-6-8-10-18/h6-14,16H,1H2,2-5H3. The van der Waals surface area contributed by atoms with Crippen LogP contribution in [-0.4, -0.2) is 5.97 Å². The Balaban J connectivity index is 2.19. The van der Waals surface area contributed by atoms with E-state index in [0.29, 0.717) is 5.57 Å². The Morgan fingerprint density at radius 1 is 1.00 bits per heavy atom. The summed E-state index contributed by atoms with van der Waals surface area (Å²) in [5.41, 5.74) is 3.82. The molecule has 0 aliphatic rings. The normalized spacial score (nSPS) is 12.5. The van der Waals surface area contributed by atoms with E-state index in [1.807, 2.05) is 25.1 Å². The third-order valence-corrected chi connectivity index (χ3v) is 4.23. The zero-order chi connectivity index (χ0) is 17.0. The zero-order valence-electron chi connectivity index (χ0n) is 14.3. The molecule has 0 aliphatic heterocycles. The Morgan fingerprint density at radius 3 is 2.04 bits per heavy atom. The van der Waals surface area contributed by atoms with Crippen molar-refractivity contribution in [3.8, 4) is 0 Å². The maximum Gasteiger partial charge on any atom is 0.333 e. The molecule has 23 heavy (non-hydrogen) atoms. The monoisotopic (exact) mass is 308 g/mol. The minimum absolute atomic E-state index is 0.0720. The summed E-state index contributed by atoms with van der Waals surface area (Å²) in [5.74, 6) is -0.355. The molecule has 1 unspecified atom stereocenters. The molecule has 2 heteroatoms. The van der Waals surface area contributed by atoms with Crippen molar-refractivity contribution >= 4 is 5.97 Å². The first-order valence-electron chi connectivity index (χ1n) is 7.85. The average Bonchev–Trinajstić information content (AvgIpc) is 2.55. The highest BCUT2D eigenvalue weighted by Gasteiger charge is 2.23. The van der Waals surface area contributed by atoms with Crippen LogP contribution in [0.25, 0.3) is 0 Å². The summed E-state index contributed by atoms with van der Waals surface area (Å²) in [4.78, 5) is 11.6. The van der Waals surface area contributed by atoms with Crippen molar-refractivity contribution in [1.82, 2.24) is 0 Å². The maximum absolute atomic E-state index is 11.6. The molecular weight excluding hydrogens is 284 g/mol. The van der Waals surface area contributed by atoms with Crippen LogP contribution in [-0.2, 0) is 14.9 Å². The van der Waals surface area contributed by atoms with Crippen LogP contribution >= 0.6 is 0 Å². The van der Waals surface area contributed by atoms with E-state index < -0.39 is 0 Å². The van der Waals surface area contributed by atoms with Crippen molar-refractivity contribution in [2.45, 2.75) is 39.2 Å². The van der Waals surface area contributed by atoms with Crippen LogP contribution in [0.1, 0.15) is 50.5 Å². The van der Waals surface area contributed by atoms with E-state index in [1.54, 1.807) is 6.92 Å².